The maximum absolute atomic E-state index is 2.60. The van der Waals surface area contributed by atoms with E-state index in [1.165, 1.54) is 21.9 Å². The first kappa shape index (κ1) is 17.8. The summed E-state index contributed by atoms with van der Waals surface area (Å²) < 4.78 is 0. The van der Waals surface area contributed by atoms with E-state index in [1.54, 1.807) is 21.5 Å². The van der Waals surface area contributed by atoms with Crippen molar-refractivity contribution in [2.24, 2.45) is 0 Å². The van der Waals surface area contributed by atoms with E-state index in [2.05, 4.69) is 87.8 Å². The molecule has 134 valence electrons. The monoisotopic (exact) mass is 374 g/mol. The highest BCUT2D eigenvalue weighted by Crippen LogP contribution is 2.30. The molecular formula is C24H30Si2. The van der Waals surface area contributed by atoms with Crippen LogP contribution in [-0.4, -0.2) is 16.1 Å². The van der Waals surface area contributed by atoms with Crippen molar-refractivity contribution in [3.8, 4) is 0 Å². The highest BCUT2D eigenvalue weighted by Gasteiger charge is 2.30. The zero-order chi connectivity index (χ0) is 18.7. The Hall–Kier alpha value is -1.65. The molecule has 0 bridgehead atoms. The quantitative estimate of drug-likeness (QED) is 0.411. The van der Waals surface area contributed by atoms with E-state index in [1.807, 2.05) is 0 Å². The molecule has 0 aliphatic heterocycles. The van der Waals surface area contributed by atoms with Gasteiger partial charge in [0.15, 0.2) is 0 Å². The first-order valence-electron chi connectivity index (χ1n) is 9.80. The fourth-order valence-corrected chi connectivity index (χ4v) is 9.56. The van der Waals surface area contributed by atoms with Gasteiger partial charge in [0.1, 0.15) is 0 Å². The number of hydrogen-bond donors (Lipinski definition) is 0. The average Bonchev–Trinajstić information content (AvgIpc) is 2.55. The van der Waals surface area contributed by atoms with Gasteiger partial charge in [0, 0.05) is 0 Å². The minimum Gasteiger partial charge on any atom is -0.0656 e. The molecule has 0 heterocycles. The van der Waals surface area contributed by atoms with Gasteiger partial charge in [-0.15, -0.1) is 0 Å². The Morgan fingerprint density at radius 2 is 0.885 bits per heavy atom. The number of hydrogen-bond acceptors (Lipinski definition) is 0. The van der Waals surface area contributed by atoms with Gasteiger partial charge < -0.3 is 0 Å². The first-order valence-corrected chi connectivity index (χ1v) is 16.8. The molecule has 1 aliphatic rings. The summed E-state index contributed by atoms with van der Waals surface area (Å²) >= 11 is 0. The minimum absolute atomic E-state index is 1.10. The van der Waals surface area contributed by atoms with E-state index in [4.69, 9.17) is 0 Å². The normalized spacial score (nSPS) is 14.2. The summed E-state index contributed by atoms with van der Waals surface area (Å²) in [4.78, 5) is 0. The van der Waals surface area contributed by atoms with Crippen molar-refractivity contribution >= 4 is 37.3 Å². The maximum atomic E-state index is 2.60. The van der Waals surface area contributed by atoms with E-state index in [-0.39, 0.29) is 0 Å². The van der Waals surface area contributed by atoms with Gasteiger partial charge in [0.25, 0.3) is 0 Å². The second kappa shape index (κ2) is 5.93. The van der Waals surface area contributed by atoms with Gasteiger partial charge >= 0.3 is 0 Å². The van der Waals surface area contributed by atoms with Crippen molar-refractivity contribution in [2.75, 3.05) is 0 Å². The fourth-order valence-electron chi connectivity index (χ4n) is 4.33. The van der Waals surface area contributed by atoms with Crippen LogP contribution < -0.4 is 10.4 Å². The third-order valence-corrected chi connectivity index (χ3v) is 10.1. The second-order valence-electron chi connectivity index (χ2n) is 9.99. The van der Waals surface area contributed by atoms with Gasteiger partial charge in [0.05, 0.1) is 16.1 Å². The van der Waals surface area contributed by atoms with Crippen LogP contribution in [0.4, 0.5) is 0 Å². The zero-order valence-corrected chi connectivity index (χ0v) is 19.0. The molecule has 1 aliphatic carbocycles. The van der Waals surface area contributed by atoms with Crippen LogP contribution in [-0.2, 0) is 12.8 Å². The summed E-state index contributed by atoms with van der Waals surface area (Å²) in [5, 5.41) is 6.16. The lowest BCUT2D eigenvalue weighted by molar-refractivity contribution is 1.01. The Balaban J connectivity index is 1.88. The SMILES string of the molecule is C[Si](C)(C)c1cc2c(cc1[Si](C)(C)C)Cc1cc3ccccc3cc1C2. The van der Waals surface area contributed by atoms with Gasteiger partial charge in [-0.05, 0) is 45.9 Å². The van der Waals surface area contributed by atoms with Crippen LogP contribution in [0, 0.1) is 0 Å². The Labute approximate surface area is 160 Å². The largest absolute Gasteiger partial charge is 0.0774 e. The predicted molar refractivity (Wildman–Crippen MR) is 122 cm³/mol. The molecule has 0 spiro atoms. The molecule has 0 amide bonds. The number of fused-ring (bicyclic) bond motifs is 3. The van der Waals surface area contributed by atoms with Gasteiger partial charge in [-0.2, -0.15) is 0 Å². The first-order chi connectivity index (χ1) is 12.1. The van der Waals surface area contributed by atoms with Gasteiger partial charge in [-0.25, -0.2) is 0 Å². The van der Waals surface area contributed by atoms with Crippen molar-refractivity contribution < 1.29 is 0 Å². The summed E-state index contributed by atoms with van der Waals surface area (Å²) in [6.45, 7) is 15.0. The molecule has 0 saturated heterocycles. The molecule has 0 N–H and O–H groups in total. The lowest BCUT2D eigenvalue weighted by atomic mass is 9.84. The Kier molecular flexibility index (Phi) is 4.05. The van der Waals surface area contributed by atoms with Crippen molar-refractivity contribution in [2.45, 2.75) is 52.1 Å². The molecule has 0 saturated carbocycles. The molecular weight excluding hydrogens is 344 g/mol. The van der Waals surface area contributed by atoms with E-state index in [9.17, 15) is 0 Å². The van der Waals surface area contributed by atoms with E-state index in [0.29, 0.717) is 0 Å². The molecule has 0 nitrogen and oxygen atoms in total. The van der Waals surface area contributed by atoms with Crippen LogP contribution >= 0.6 is 0 Å². The standard InChI is InChI=1S/C24H30Si2/c1-25(2,3)23-15-21-13-19-11-17-9-7-8-10-18(17)12-20(19)14-22(21)16-24(23)26(4,5)6/h7-12,15-16H,13-14H2,1-6H3. The molecule has 26 heavy (non-hydrogen) atoms. The van der Waals surface area contributed by atoms with Crippen LogP contribution in [0.2, 0.25) is 39.3 Å². The highest BCUT2D eigenvalue weighted by molar-refractivity contribution is 6.98. The molecule has 4 rings (SSSR count). The van der Waals surface area contributed by atoms with Crippen LogP contribution in [0.1, 0.15) is 22.3 Å². The topological polar surface area (TPSA) is 0 Å². The summed E-state index contributed by atoms with van der Waals surface area (Å²) in [7, 11) is -2.69. The summed E-state index contributed by atoms with van der Waals surface area (Å²) in [5.41, 5.74) is 6.20. The fraction of sp³-hybridized carbons (Fsp3) is 0.333. The van der Waals surface area contributed by atoms with Crippen molar-refractivity contribution in [3.63, 3.8) is 0 Å². The number of rotatable bonds is 2. The van der Waals surface area contributed by atoms with Crippen molar-refractivity contribution in [1.82, 2.24) is 0 Å². The molecule has 0 aromatic heterocycles. The van der Waals surface area contributed by atoms with Gasteiger partial charge in [0.2, 0.25) is 0 Å². The highest BCUT2D eigenvalue weighted by atomic mass is 28.3. The lowest BCUT2D eigenvalue weighted by Gasteiger charge is -2.31. The molecule has 0 radical (unpaired) electrons. The van der Waals surface area contributed by atoms with Gasteiger partial charge in [-0.1, -0.05) is 98.2 Å². The number of benzene rings is 3. The maximum Gasteiger partial charge on any atom is 0.0774 e. The molecule has 2 heteroatoms. The van der Waals surface area contributed by atoms with E-state index in [0.717, 1.165) is 12.8 Å². The smallest absolute Gasteiger partial charge is 0.0656 e. The van der Waals surface area contributed by atoms with Gasteiger partial charge in [-0.3, -0.25) is 0 Å². The molecule has 0 atom stereocenters. The van der Waals surface area contributed by atoms with Crippen molar-refractivity contribution in [3.05, 3.63) is 70.8 Å². The Bertz CT molecular complexity index is 920. The third kappa shape index (κ3) is 3.10. The summed E-state index contributed by atoms with van der Waals surface area (Å²) in [6, 6.07) is 18.8. The van der Waals surface area contributed by atoms with Crippen LogP contribution in [0.3, 0.4) is 0 Å². The predicted octanol–water partition coefficient (Wildman–Crippen LogP) is 5.43. The van der Waals surface area contributed by atoms with E-state index >= 15 is 0 Å². The molecule has 3 aromatic rings. The van der Waals surface area contributed by atoms with Crippen LogP contribution in [0.15, 0.2) is 48.5 Å². The second-order valence-corrected chi connectivity index (χ2v) is 20.1. The minimum atomic E-state index is -1.35. The van der Waals surface area contributed by atoms with Crippen molar-refractivity contribution in [1.29, 1.82) is 0 Å². The third-order valence-electron chi connectivity index (χ3n) is 5.79. The van der Waals surface area contributed by atoms with Crippen LogP contribution in [0.5, 0.6) is 0 Å². The summed E-state index contributed by atoms with van der Waals surface area (Å²) in [6.07, 6.45) is 2.19. The average molecular weight is 375 g/mol. The Morgan fingerprint density at radius 1 is 0.538 bits per heavy atom. The zero-order valence-electron chi connectivity index (χ0n) is 17.0. The van der Waals surface area contributed by atoms with E-state index < -0.39 is 16.1 Å². The van der Waals surface area contributed by atoms with Crippen LogP contribution in [0.25, 0.3) is 10.8 Å². The lowest BCUT2D eigenvalue weighted by Crippen LogP contribution is -2.56. The summed E-state index contributed by atoms with van der Waals surface area (Å²) in [5.74, 6) is 0. The molecule has 0 unspecified atom stereocenters. The molecule has 3 aromatic carbocycles. The Morgan fingerprint density at radius 3 is 1.23 bits per heavy atom. The molecule has 0 fully saturated rings.